The molecule has 2 aromatic heterocycles. The second-order valence-corrected chi connectivity index (χ2v) is 5.95. The molecule has 4 rings (SSSR count). The fraction of sp³-hybridized carbons (Fsp3) is 0.294. The average molecular weight is 314 g/mol. The van der Waals surface area contributed by atoms with E-state index in [1.807, 2.05) is 42.6 Å². The maximum atomic E-state index is 5.96. The summed E-state index contributed by atoms with van der Waals surface area (Å²) in [6.45, 7) is 0.803. The molecule has 22 heavy (non-hydrogen) atoms. The zero-order valence-electron chi connectivity index (χ0n) is 12.1. The van der Waals surface area contributed by atoms with Crippen LogP contribution in [0.2, 0.25) is 5.02 Å². The van der Waals surface area contributed by atoms with Crippen LogP contribution in [0, 0.1) is 0 Å². The number of hydrogen-bond acceptors (Lipinski definition) is 3. The molecule has 5 heteroatoms. The minimum absolute atomic E-state index is 0.0437. The summed E-state index contributed by atoms with van der Waals surface area (Å²) in [6, 6.07) is 11.8. The van der Waals surface area contributed by atoms with Crippen molar-refractivity contribution in [3.8, 4) is 0 Å². The number of rotatable bonds is 3. The summed E-state index contributed by atoms with van der Waals surface area (Å²) < 4.78 is 8.01. The van der Waals surface area contributed by atoms with Crippen molar-refractivity contribution in [1.82, 2.24) is 14.5 Å². The van der Waals surface area contributed by atoms with Crippen molar-refractivity contribution in [2.45, 2.75) is 25.5 Å². The summed E-state index contributed by atoms with van der Waals surface area (Å²) in [5.41, 5.74) is 3.00. The molecule has 1 unspecified atom stereocenters. The maximum absolute atomic E-state index is 5.96. The second-order valence-electron chi connectivity index (χ2n) is 5.52. The van der Waals surface area contributed by atoms with Crippen LogP contribution in [0.4, 0.5) is 0 Å². The van der Waals surface area contributed by atoms with E-state index in [4.69, 9.17) is 21.3 Å². The van der Waals surface area contributed by atoms with E-state index in [0.29, 0.717) is 0 Å². The monoisotopic (exact) mass is 313 g/mol. The Bertz CT molecular complexity index is 791. The first-order chi connectivity index (χ1) is 10.8. The van der Waals surface area contributed by atoms with Gasteiger partial charge in [0.1, 0.15) is 17.6 Å². The van der Waals surface area contributed by atoms with E-state index in [9.17, 15) is 0 Å². The number of fused-ring (bicyclic) bond motifs is 1. The number of hydrogen-bond donors (Lipinski definition) is 0. The number of pyridine rings is 1. The molecule has 0 radical (unpaired) electrons. The highest BCUT2D eigenvalue weighted by Gasteiger charge is 2.23. The van der Waals surface area contributed by atoms with Gasteiger partial charge in [-0.15, -0.1) is 0 Å². The summed E-state index contributed by atoms with van der Waals surface area (Å²) in [7, 11) is 0. The molecule has 0 spiro atoms. The summed E-state index contributed by atoms with van der Waals surface area (Å²) in [6.07, 6.45) is 4.68. The zero-order chi connectivity index (χ0) is 14.9. The highest BCUT2D eigenvalue weighted by Crippen LogP contribution is 2.29. The van der Waals surface area contributed by atoms with E-state index in [1.165, 1.54) is 5.56 Å². The van der Waals surface area contributed by atoms with Crippen LogP contribution >= 0.6 is 11.6 Å². The van der Waals surface area contributed by atoms with Crippen LogP contribution < -0.4 is 0 Å². The van der Waals surface area contributed by atoms with Crippen LogP contribution in [0.5, 0.6) is 0 Å². The SMILES string of the molecule is Clc1ccc(Cc2nc3cccnc3n2C2CCCO2)cc1. The third kappa shape index (κ3) is 2.49. The lowest BCUT2D eigenvalue weighted by molar-refractivity contribution is 0.0573. The van der Waals surface area contributed by atoms with Crippen molar-refractivity contribution < 1.29 is 4.74 Å². The second kappa shape index (κ2) is 5.71. The maximum Gasteiger partial charge on any atom is 0.162 e. The molecule has 1 aliphatic heterocycles. The first-order valence-corrected chi connectivity index (χ1v) is 7.87. The Kier molecular flexibility index (Phi) is 3.56. The Labute approximate surface area is 133 Å². The average Bonchev–Trinajstić information content (AvgIpc) is 3.16. The Morgan fingerprint density at radius 1 is 1.23 bits per heavy atom. The van der Waals surface area contributed by atoms with Crippen LogP contribution in [0.15, 0.2) is 42.6 Å². The fourth-order valence-electron chi connectivity index (χ4n) is 2.95. The van der Waals surface area contributed by atoms with Gasteiger partial charge in [-0.05, 0) is 42.7 Å². The van der Waals surface area contributed by atoms with Gasteiger partial charge in [-0.3, -0.25) is 4.57 Å². The van der Waals surface area contributed by atoms with E-state index in [0.717, 1.165) is 47.9 Å². The van der Waals surface area contributed by atoms with Crippen molar-refractivity contribution in [1.29, 1.82) is 0 Å². The molecule has 4 nitrogen and oxygen atoms in total. The predicted octanol–water partition coefficient (Wildman–Crippen LogP) is 3.98. The van der Waals surface area contributed by atoms with Crippen molar-refractivity contribution >= 4 is 22.8 Å². The van der Waals surface area contributed by atoms with E-state index in [-0.39, 0.29) is 6.23 Å². The van der Waals surface area contributed by atoms with Gasteiger partial charge in [0.25, 0.3) is 0 Å². The quantitative estimate of drug-likeness (QED) is 0.734. The molecule has 1 aliphatic rings. The Hall–Kier alpha value is -1.91. The van der Waals surface area contributed by atoms with Gasteiger partial charge in [0, 0.05) is 24.2 Å². The molecule has 1 aromatic carbocycles. The minimum atomic E-state index is 0.0437. The molecule has 0 N–H and O–H groups in total. The van der Waals surface area contributed by atoms with Crippen LogP contribution in [0.3, 0.4) is 0 Å². The van der Waals surface area contributed by atoms with Crippen LogP contribution in [0.25, 0.3) is 11.2 Å². The molecule has 0 bridgehead atoms. The Morgan fingerprint density at radius 3 is 2.86 bits per heavy atom. The molecule has 0 saturated carbocycles. The van der Waals surface area contributed by atoms with Gasteiger partial charge in [0.2, 0.25) is 0 Å². The van der Waals surface area contributed by atoms with Gasteiger partial charge in [-0.1, -0.05) is 23.7 Å². The molecule has 3 heterocycles. The molecule has 1 fully saturated rings. The first-order valence-electron chi connectivity index (χ1n) is 7.49. The third-order valence-corrected chi connectivity index (χ3v) is 4.24. The van der Waals surface area contributed by atoms with E-state index in [1.54, 1.807) is 0 Å². The van der Waals surface area contributed by atoms with Gasteiger partial charge in [0.15, 0.2) is 5.65 Å². The minimum Gasteiger partial charge on any atom is -0.358 e. The van der Waals surface area contributed by atoms with Crippen LogP contribution in [-0.4, -0.2) is 21.1 Å². The fourth-order valence-corrected chi connectivity index (χ4v) is 3.08. The predicted molar refractivity (Wildman–Crippen MR) is 86.0 cm³/mol. The van der Waals surface area contributed by atoms with E-state index in [2.05, 4.69) is 9.55 Å². The number of imidazole rings is 1. The smallest absolute Gasteiger partial charge is 0.162 e. The highest BCUT2D eigenvalue weighted by molar-refractivity contribution is 6.30. The summed E-state index contributed by atoms with van der Waals surface area (Å²) in [5, 5.41) is 0.748. The van der Waals surface area contributed by atoms with Crippen molar-refractivity contribution in [2.24, 2.45) is 0 Å². The molecule has 1 atom stereocenters. The molecule has 0 amide bonds. The summed E-state index contributed by atoms with van der Waals surface area (Å²) in [5.74, 6) is 0.989. The van der Waals surface area contributed by atoms with Crippen LogP contribution in [0.1, 0.15) is 30.5 Å². The molecular weight excluding hydrogens is 298 g/mol. The van der Waals surface area contributed by atoms with Crippen molar-refractivity contribution in [3.05, 3.63) is 59.0 Å². The lowest BCUT2D eigenvalue weighted by atomic mass is 10.1. The Morgan fingerprint density at radius 2 is 2.09 bits per heavy atom. The first kappa shape index (κ1) is 13.7. The van der Waals surface area contributed by atoms with Gasteiger partial charge in [-0.2, -0.15) is 0 Å². The Balaban J connectivity index is 1.78. The van der Waals surface area contributed by atoms with Crippen molar-refractivity contribution in [2.75, 3.05) is 6.61 Å². The lowest BCUT2D eigenvalue weighted by Gasteiger charge is -2.15. The number of aromatic nitrogens is 3. The third-order valence-electron chi connectivity index (χ3n) is 3.99. The van der Waals surface area contributed by atoms with Gasteiger partial charge in [0.05, 0.1) is 0 Å². The molecule has 1 saturated heterocycles. The normalized spacial score (nSPS) is 18.1. The van der Waals surface area contributed by atoms with Gasteiger partial charge >= 0.3 is 0 Å². The van der Waals surface area contributed by atoms with E-state index >= 15 is 0 Å². The standard InChI is InChI=1S/C17H16ClN3O/c18-13-7-5-12(6-8-13)11-15-20-14-3-1-9-19-17(14)21(15)16-4-2-10-22-16/h1,3,5-9,16H,2,4,10-11H2. The molecule has 0 aliphatic carbocycles. The van der Waals surface area contributed by atoms with E-state index < -0.39 is 0 Å². The molecule has 112 valence electrons. The van der Waals surface area contributed by atoms with Gasteiger partial charge < -0.3 is 4.74 Å². The number of ether oxygens (including phenoxy) is 1. The zero-order valence-corrected chi connectivity index (χ0v) is 12.8. The van der Waals surface area contributed by atoms with Crippen LogP contribution in [-0.2, 0) is 11.2 Å². The number of benzene rings is 1. The largest absolute Gasteiger partial charge is 0.358 e. The topological polar surface area (TPSA) is 39.9 Å². The number of halogens is 1. The molecule has 3 aromatic rings. The van der Waals surface area contributed by atoms with Gasteiger partial charge in [-0.25, -0.2) is 9.97 Å². The highest BCUT2D eigenvalue weighted by atomic mass is 35.5. The van der Waals surface area contributed by atoms with Crippen molar-refractivity contribution in [3.63, 3.8) is 0 Å². The summed E-state index contributed by atoms with van der Waals surface area (Å²) >= 11 is 5.96. The number of nitrogens with zero attached hydrogens (tertiary/aromatic N) is 3. The molecular formula is C17H16ClN3O. The lowest BCUT2D eigenvalue weighted by Crippen LogP contribution is -2.12. The summed E-state index contributed by atoms with van der Waals surface area (Å²) in [4.78, 5) is 9.26.